The number of aromatic amines is 1. The quantitative estimate of drug-likeness (QED) is 0.241. The topological polar surface area (TPSA) is 28.1 Å². The molecule has 1 aliphatic rings. The number of rotatable bonds is 8. The first-order valence-corrected chi connectivity index (χ1v) is 12.0. The molecule has 0 spiro atoms. The molecule has 1 unspecified atom stereocenters. The Morgan fingerprint density at radius 1 is 1.21 bits per heavy atom. The summed E-state index contributed by atoms with van der Waals surface area (Å²) in [7, 11) is 1.81. The van der Waals surface area contributed by atoms with Crippen molar-refractivity contribution in [3.05, 3.63) is 103 Å². The highest BCUT2D eigenvalue weighted by Gasteiger charge is 2.17. The lowest BCUT2D eigenvalue weighted by Gasteiger charge is -2.25. The SMILES string of the molecule is C=C/C=C(\C=C)c1cccc(-c2cc(C)c[nH]2)c1.CC[C@@H]1C=C(C/C=C\C=NC)C(C)CC1. The van der Waals surface area contributed by atoms with Gasteiger partial charge in [0.05, 0.1) is 0 Å². The monoisotopic (exact) mass is 440 g/mol. The van der Waals surface area contributed by atoms with E-state index in [9.17, 15) is 0 Å². The molecule has 174 valence electrons. The van der Waals surface area contributed by atoms with Gasteiger partial charge in [0.15, 0.2) is 0 Å². The van der Waals surface area contributed by atoms with Gasteiger partial charge in [-0.3, -0.25) is 4.99 Å². The van der Waals surface area contributed by atoms with Crippen LogP contribution in [0.2, 0.25) is 0 Å². The molecule has 1 aromatic carbocycles. The fraction of sp³-hybridized carbons (Fsp3) is 0.323. The van der Waals surface area contributed by atoms with E-state index < -0.39 is 0 Å². The second-order valence-electron chi connectivity index (χ2n) is 8.66. The summed E-state index contributed by atoms with van der Waals surface area (Å²) in [6.07, 6.45) is 21.3. The standard InChI is InChI=1S/C17H17N.C14H23N/c1-4-7-14(5-2)15-8-6-9-16(11-15)17-10-13(3)12-18-17;1-4-13-9-8-12(2)14(11-13)7-5-6-10-15-3/h4-12,18H,1-2H2,3H3;5-6,10-13H,4,7-9H2,1-3H3/b14-7+;6-5-,15-10?/t;12?,13-/m.0/s1. The highest BCUT2D eigenvalue weighted by atomic mass is 14.7. The van der Waals surface area contributed by atoms with Gasteiger partial charge in [-0.25, -0.2) is 0 Å². The van der Waals surface area contributed by atoms with Gasteiger partial charge in [-0.05, 0) is 84.9 Å². The van der Waals surface area contributed by atoms with Crippen LogP contribution in [0.15, 0.2) is 96.7 Å². The minimum absolute atomic E-state index is 0.774. The van der Waals surface area contributed by atoms with E-state index in [-0.39, 0.29) is 0 Å². The molecule has 1 aromatic heterocycles. The van der Waals surface area contributed by atoms with Gasteiger partial charge in [0.2, 0.25) is 0 Å². The van der Waals surface area contributed by atoms with Crippen LogP contribution in [0.3, 0.4) is 0 Å². The van der Waals surface area contributed by atoms with Crippen molar-refractivity contribution < 1.29 is 0 Å². The summed E-state index contributed by atoms with van der Waals surface area (Å²) in [6, 6.07) is 10.5. The predicted octanol–water partition coefficient (Wildman–Crippen LogP) is 8.76. The molecule has 0 amide bonds. The summed E-state index contributed by atoms with van der Waals surface area (Å²) >= 11 is 0. The van der Waals surface area contributed by atoms with E-state index >= 15 is 0 Å². The summed E-state index contributed by atoms with van der Waals surface area (Å²) in [6.45, 7) is 14.3. The van der Waals surface area contributed by atoms with Crippen molar-refractivity contribution in [3.8, 4) is 11.3 Å². The second kappa shape index (κ2) is 14.1. The zero-order chi connectivity index (χ0) is 24.1. The van der Waals surface area contributed by atoms with E-state index in [0.717, 1.165) is 35.1 Å². The number of aliphatic imine (C=N–C) groups is 1. The Balaban J connectivity index is 0.000000238. The molecule has 0 saturated carbocycles. The van der Waals surface area contributed by atoms with Gasteiger partial charge in [0.1, 0.15) is 0 Å². The number of H-pyrrole nitrogens is 1. The Bertz CT molecular complexity index is 1010. The Morgan fingerprint density at radius 2 is 2.03 bits per heavy atom. The average Bonchev–Trinajstić information content (AvgIpc) is 3.28. The lowest BCUT2D eigenvalue weighted by atomic mass is 9.81. The highest BCUT2D eigenvalue weighted by molar-refractivity contribution is 5.77. The molecule has 0 saturated heterocycles. The maximum atomic E-state index is 3.94. The summed E-state index contributed by atoms with van der Waals surface area (Å²) in [4.78, 5) is 7.21. The van der Waals surface area contributed by atoms with Gasteiger partial charge in [-0.1, -0.05) is 81.2 Å². The number of benzene rings is 1. The van der Waals surface area contributed by atoms with Crippen LogP contribution in [0.25, 0.3) is 16.8 Å². The minimum atomic E-state index is 0.774. The van der Waals surface area contributed by atoms with E-state index in [1.54, 1.807) is 18.7 Å². The van der Waals surface area contributed by atoms with Crippen molar-refractivity contribution in [1.29, 1.82) is 0 Å². The third kappa shape index (κ3) is 8.38. The van der Waals surface area contributed by atoms with Gasteiger partial charge in [0, 0.05) is 25.2 Å². The van der Waals surface area contributed by atoms with Crippen molar-refractivity contribution in [2.75, 3.05) is 7.05 Å². The Morgan fingerprint density at radius 3 is 2.67 bits per heavy atom. The van der Waals surface area contributed by atoms with Crippen molar-refractivity contribution in [2.24, 2.45) is 16.8 Å². The van der Waals surface area contributed by atoms with Crippen molar-refractivity contribution in [2.45, 2.75) is 46.5 Å². The van der Waals surface area contributed by atoms with Crippen molar-refractivity contribution in [1.82, 2.24) is 4.98 Å². The van der Waals surface area contributed by atoms with E-state index in [4.69, 9.17) is 0 Å². The van der Waals surface area contributed by atoms with Gasteiger partial charge in [-0.2, -0.15) is 0 Å². The third-order valence-corrected chi connectivity index (χ3v) is 6.15. The molecule has 0 aliphatic heterocycles. The number of allylic oxidation sites excluding steroid dienone is 8. The summed E-state index contributed by atoms with van der Waals surface area (Å²) < 4.78 is 0. The molecular weight excluding hydrogens is 400 g/mol. The molecule has 1 heterocycles. The Kier molecular flexibility index (Phi) is 11.2. The van der Waals surface area contributed by atoms with Gasteiger partial charge < -0.3 is 4.98 Å². The molecule has 0 radical (unpaired) electrons. The fourth-order valence-corrected chi connectivity index (χ4v) is 4.09. The number of aryl methyl sites for hydroxylation is 1. The van der Waals surface area contributed by atoms with E-state index in [2.05, 4.69) is 86.4 Å². The zero-order valence-corrected chi connectivity index (χ0v) is 20.9. The molecule has 3 rings (SSSR count). The molecule has 0 bridgehead atoms. The Labute approximate surface area is 201 Å². The van der Waals surface area contributed by atoms with Crippen LogP contribution in [-0.4, -0.2) is 18.2 Å². The Hall–Kier alpha value is -3.13. The summed E-state index contributed by atoms with van der Waals surface area (Å²) in [5, 5.41) is 0. The zero-order valence-electron chi connectivity index (χ0n) is 20.9. The minimum Gasteiger partial charge on any atom is -0.361 e. The van der Waals surface area contributed by atoms with E-state index in [0.29, 0.717) is 0 Å². The number of nitrogens with one attached hydrogen (secondary N) is 1. The summed E-state index contributed by atoms with van der Waals surface area (Å²) in [5.74, 6) is 1.60. The lowest BCUT2D eigenvalue weighted by Crippen LogP contribution is -2.11. The van der Waals surface area contributed by atoms with Crippen LogP contribution in [0, 0.1) is 18.8 Å². The molecule has 1 N–H and O–H groups in total. The van der Waals surface area contributed by atoms with E-state index in [1.165, 1.54) is 30.4 Å². The summed E-state index contributed by atoms with van der Waals surface area (Å²) in [5.41, 5.74) is 7.40. The molecule has 2 heteroatoms. The van der Waals surface area contributed by atoms with Crippen LogP contribution >= 0.6 is 0 Å². The maximum Gasteiger partial charge on any atom is 0.0456 e. The number of hydrogen-bond donors (Lipinski definition) is 1. The molecule has 0 fully saturated rings. The first-order valence-electron chi connectivity index (χ1n) is 12.0. The van der Waals surface area contributed by atoms with Crippen molar-refractivity contribution >= 4 is 11.8 Å². The number of nitrogens with zero attached hydrogens (tertiary/aromatic N) is 1. The lowest BCUT2D eigenvalue weighted by molar-refractivity contribution is 0.443. The molecule has 1 aliphatic carbocycles. The molecule has 2 atom stereocenters. The van der Waals surface area contributed by atoms with Crippen LogP contribution < -0.4 is 0 Å². The largest absolute Gasteiger partial charge is 0.361 e. The van der Waals surface area contributed by atoms with Crippen LogP contribution in [0.1, 0.15) is 50.7 Å². The van der Waals surface area contributed by atoms with Crippen LogP contribution in [0.5, 0.6) is 0 Å². The van der Waals surface area contributed by atoms with Gasteiger partial charge in [0.25, 0.3) is 0 Å². The molecule has 2 aromatic rings. The van der Waals surface area contributed by atoms with Crippen molar-refractivity contribution in [3.63, 3.8) is 0 Å². The maximum absolute atomic E-state index is 3.94. The number of aromatic nitrogens is 1. The molecular formula is C31H40N2. The van der Waals surface area contributed by atoms with Gasteiger partial charge in [-0.15, -0.1) is 0 Å². The normalized spacial score (nSPS) is 18.7. The van der Waals surface area contributed by atoms with Crippen LogP contribution in [0.4, 0.5) is 0 Å². The number of hydrogen-bond acceptors (Lipinski definition) is 1. The highest BCUT2D eigenvalue weighted by Crippen LogP contribution is 2.31. The third-order valence-electron chi connectivity index (χ3n) is 6.15. The smallest absolute Gasteiger partial charge is 0.0456 e. The van der Waals surface area contributed by atoms with Crippen LogP contribution in [-0.2, 0) is 0 Å². The van der Waals surface area contributed by atoms with E-state index in [1.807, 2.05) is 30.6 Å². The molecule has 33 heavy (non-hydrogen) atoms. The van der Waals surface area contributed by atoms with Gasteiger partial charge >= 0.3 is 0 Å². The average molecular weight is 441 g/mol. The predicted molar refractivity (Wildman–Crippen MR) is 148 cm³/mol. The molecule has 2 nitrogen and oxygen atoms in total. The second-order valence-corrected chi connectivity index (χ2v) is 8.66. The fourth-order valence-electron chi connectivity index (χ4n) is 4.09. The first kappa shape index (κ1) is 26.1. The first-order chi connectivity index (χ1) is 16.0.